The molecular formula is C30H25FN4O3S2. The second-order valence-corrected chi connectivity index (χ2v) is 11.7. The summed E-state index contributed by atoms with van der Waals surface area (Å²) in [5.41, 5.74) is 6.23. The van der Waals surface area contributed by atoms with Gasteiger partial charge in [-0.2, -0.15) is 5.10 Å². The summed E-state index contributed by atoms with van der Waals surface area (Å²) in [5.74, 6) is -1.22. The lowest BCUT2D eigenvalue weighted by atomic mass is 9.95. The Morgan fingerprint density at radius 2 is 1.80 bits per heavy atom. The van der Waals surface area contributed by atoms with Gasteiger partial charge in [0.2, 0.25) is 5.13 Å². The average molecular weight is 573 g/mol. The Kier molecular flexibility index (Phi) is 7.14. The lowest BCUT2D eigenvalue weighted by molar-refractivity contribution is 0.0691. The summed E-state index contributed by atoms with van der Waals surface area (Å²) in [6.07, 6.45) is 3.33. The van der Waals surface area contributed by atoms with Crippen LogP contribution in [0.3, 0.4) is 0 Å². The molecule has 2 aromatic heterocycles. The van der Waals surface area contributed by atoms with Crippen LogP contribution in [0.2, 0.25) is 0 Å². The highest BCUT2D eigenvalue weighted by Crippen LogP contribution is 2.39. The summed E-state index contributed by atoms with van der Waals surface area (Å²) in [7, 11) is -1.92. The summed E-state index contributed by atoms with van der Waals surface area (Å²) >= 11 is 1.22. The van der Waals surface area contributed by atoms with Crippen molar-refractivity contribution in [2.45, 2.75) is 30.6 Å². The maximum absolute atomic E-state index is 14.8. The zero-order valence-electron chi connectivity index (χ0n) is 21.3. The Morgan fingerprint density at radius 3 is 2.48 bits per heavy atom. The topological polar surface area (TPSA) is 111 Å². The van der Waals surface area contributed by atoms with Crippen LogP contribution in [0, 0.1) is 11.7 Å². The molecule has 1 aliphatic carbocycles. The van der Waals surface area contributed by atoms with Gasteiger partial charge >= 0.3 is 5.97 Å². The molecule has 10 heteroatoms. The van der Waals surface area contributed by atoms with E-state index in [9.17, 15) is 18.5 Å². The van der Waals surface area contributed by atoms with Crippen LogP contribution in [0.1, 0.15) is 40.2 Å². The van der Waals surface area contributed by atoms with E-state index in [1.54, 1.807) is 10.7 Å². The van der Waals surface area contributed by atoms with E-state index in [-0.39, 0.29) is 10.6 Å². The predicted molar refractivity (Wildman–Crippen MR) is 153 cm³/mol. The van der Waals surface area contributed by atoms with Gasteiger partial charge in [0, 0.05) is 22.9 Å². The Morgan fingerprint density at radius 1 is 1.05 bits per heavy atom. The second kappa shape index (κ2) is 10.9. The SMILES string of the molecule is NS(=O)c1ccc(Cc2c(-c3cccc(-c4ccccc4)c3)nn(-c3nc(C(=O)O)cs3)c2CC2CC2)cc1F. The first-order valence-corrected chi connectivity index (χ1v) is 14.9. The van der Waals surface area contributed by atoms with Crippen molar-refractivity contribution in [3.63, 3.8) is 0 Å². The maximum atomic E-state index is 14.8. The fourth-order valence-corrected chi connectivity index (χ4v) is 6.05. The lowest BCUT2D eigenvalue weighted by Crippen LogP contribution is -2.07. The van der Waals surface area contributed by atoms with Gasteiger partial charge in [0.05, 0.1) is 16.3 Å². The largest absolute Gasteiger partial charge is 0.476 e. The van der Waals surface area contributed by atoms with Gasteiger partial charge in [0.1, 0.15) is 16.8 Å². The minimum Gasteiger partial charge on any atom is -0.476 e. The van der Waals surface area contributed by atoms with E-state index in [0.717, 1.165) is 52.9 Å². The number of carboxylic acids is 1. The number of aromatic nitrogens is 3. The van der Waals surface area contributed by atoms with Gasteiger partial charge in [-0.3, -0.25) is 0 Å². The Hall–Kier alpha value is -3.99. The van der Waals surface area contributed by atoms with Gasteiger partial charge in [0.15, 0.2) is 5.69 Å². The van der Waals surface area contributed by atoms with Gasteiger partial charge in [0.25, 0.3) is 0 Å². The number of rotatable bonds is 9. The molecule has 1 aliphatic rings. The fourth-order valence-electron chi connectivity index (χ4n) is 4.82. The third kappa shape index (κ3) is 5.38. The molecule has 1 saturated carbocycles. The molecule has 202 valence electrons. The number of hydrogen-bond donors (Lipinski definition) is 2. The molecule has 0 amide bonds. The third-order valence-electron chi connectivity index (χ3n) is 7.00. The minimum atomic E-state index is -1.92. The van der Waals surface area contributed by atoms with E-state index in [1.165, 1.54) is 28.8 Å². The van der Waals surface area contributed by atoms with Crippen LogP contribution in [0.4, 0.5) is 4.39 Å². The first-order chi connectivity index (χ1) is 19.4. The number of benzene rings is 3. The molecule has 2 heterocycles. The van der Waals surface area contributed by atoms with Crippen molar-refractivity contribution in [3.05, 3.63) is 107 Å². The van der Waals surface area contributed by atoms with Gasteiger partial charge in [-0.05, 0) is 60.1 Å². The Labute approximate surface area is 236 Å². The number of carboxylic acid groups (broad SMARTS) is 1. The lowest BCUT2D eigenvalue weighted by Gasteiger charge is -2.10. The molecule has 0 spiro atoms. The smallest absolute Gasteiger partial charge is 0.355 e. The number of aromatic carboxylic acids is 1. The van der Waals surface area contributed by atoms with Crippen molar-refractivity contribution in [3.8, 4) is 27.5 Å². The monoisotopic (exact) mass is 572 g/mol. The molecule has 40 heavy (non-hydrogen) atoms. The van der Waals surface area contributed by atoms with Crippen LogP contribution in [-0.4, -0.2) is 30.0 Å². The zero-order valence-corrected chi connectivity index (χ0v) is 22.9. The molecule has 7 nitrogen and oxygen atoms in total. The number of nitrogens with two attached hydrogens (primary N) is 1. The Balaban J connectivity index is 1.52. The average Bonchev–Trinajstić information content (AvgIpc) is 3.51. The predicted octanol–water partition coefficient (Wildman–Crippen LogP) is 6.02. The molecular weight excluding hydrogens is 547 g/mol. The summed E-state index contributed by atoms with van der Waals surface area (Å²) in [6.45, 7) is 0. The Bertz CT molecular complexity index is 1750. The van der Waals surface area contributed by atoms with E-state index in [0.29, 0.717) is 23.0 Å². The van der Waals surface area contributed by atoms with Crippen molar-refractivity contribution < 1.29 is 18.5 Å². The first kappa shape index (κ1) is 26.2. The zero-order chi connectivity index (χ0) is 27.8. The molecule has 1 unspecified atom stereocenters. The highest BCUT2D eigenvalue weighted by molar-refractivity contribution is 7.82. The number of nitrogens with zero attached hydrogens (tertiary/aromatic N) is 3. The molecule has 0 aliphatic heterocycles. The van der Waals surface area contributed by atoms with E-state index in [2.05, 4.69) is 11.1 Å². The summed E-state index contributed by atoms with van der Waals surface area (Å²) in [4.78, 5) is 15.9. The first-order valence-electron chi connectivity index (χ1n) is 12.8. The standard InChI is InChI=1S/C30H25FN4O3S2/c31-24-14-19(11-12-27(24)40(32)38)13-23-26(15-18-9-10-18)35(30-33-25(17-39-30)29(36)37)34-28(23)22-8-4-7-21(16-22)20-5-2-1-3-6-20/h1-8,11-12,14,16-18H,9-10,13,15,32H2,(H,36,37). The van der Waals surface area contributed by atoms with E-state index >= 15 is 0 Å². The van der Waals surface area contributed by atoms with Crippen LogP contribution in [-0.2, 0) is 23.8 Å². The van der Waals surface area contributed by atoms with Crippen LogP contribution >= 0.6 is 11.3 Å². The quantitative estimate of drug-likeness (QED) is 0.224. The van der Waals surface area contributed by atoms with Gasteiger partial charge in [-0.15, -0.1) is 11.3 Å². The van der Waals surface area contributed by atoms with E-state index in [4.69, 9.17) is 10.2 Å². The van der Waals surface area contributed by atoms with Crippen molar-refractivity contribution in [1.82, 2.24) is 14.8 Å². The van der Waals surface area contributed by atoms with Gasteiger partial charge < -0.3 is 5.11 Å². The fraction of sp³-hybridized carbons (Fsp3) is 0.167. The van der Waals surface area contributed by atoms with Crippen LogP contribution in [0.15, 0.2) is 83.1 Å². The molecule has 1 atom stereocenters. The minimum absolute atomic E-state index is 0.0329. The summed E-state index contributed by atoms with van der Waals surface area (Å²) < 4.78 is 28.2. The van der Waals surface area contributed by atoms with Crippen LogP contribution in [0.25, 0.3) is 27.5 Å². The molecule has 0 saturated heterocycles. The number of halogens is 1. The van der Waals surface area contributed by atoms with Crippen molar-refractivity contribution in [2.24, 2.45) is 11.1 Å². The molecule has 0 bridgehead atoms. The summed E-state index contributed by atoms with van der Waals surface area (Å²) in [5, 5.41) is 21.9. The third-order valence-corrected chi connectivity index (χ3v) is 8.58. The van der Waals surface area contributed by atoms with Crippen LogP contribution < -0.4 is 5.14 Å². The molecule has 3 N–H and O–H groups in total. The maximum Gasteiger partial charge on any atom is 0.355 e. The molecule has 0 radical (unpaired) electrons. The van der Waals surface area contributed by atoms with Crippen molar-refractivity contribution >= 4 is 28.3 Å². The highest BCUT2D eigenvalue weighted by atomic mass is 32.2. The van der Waals surface area contributed by atoms with E-state index in [1.807, 2.05) is 48.5 Å². The number of hydrogen-bond acceptors (Lipinski definition) is 5. The van der Waals surface area contributed by atoms with Crippen molar-refractivity contribution in [2.75, 3.05) is 0 Å². The van der Waals surface area contributed by atoms with E-state index < -0.39 is 22.8 Å². The van der Waals surface area contributed by atoms with Crippen LogP contribution in [0.5, 0.6) is 0 Å². The molecule has 3 aromatic carbocycles. The molecule has 6 rings (SSSR count). The second-order valence-electron chi connectivity index (χ2n) is 9.84. The highest BCUT2D eigenvalue weighted by Gasteiger charge is 2.29. The van der Waals surface area contributed by atoms with Crippen molar-refractivity contribution in [1.29, 1.82) is 0 Å². The van der Waals surface area contributed by atoms with Gasteiger partial charge in [-0.1, -0.05) is 54.6 Å². The normalized spacial score (nSPS) is 13.8. The number of thiazole rings is 1. The number of carbonyl (C=O) groups is 1. The molecule has 1 fully saturated rings. The molecule has 5 aromatic rings. The summed E-state index contributed by atoms with van der Waals surface area (Å²) in [6, 6.07) is 22.7. The van der Waals surface area contributed by atoms with Gasteiger partial charge in [-0.25, -0.2) is 28.2 Å².